The zero-order valence-corrected chi connectivity index (χ0v) is 12.9. The third-order valence-electron chi connectivity index (χ3n) is 5.24. The zero-order valence-electron chi connectivity index (χ0n) is 12.9. The number of hydrogen-bond donors (Lipinski definition) is 1. The molecule has 2 heterocycles. The Balaban J connectivity index is 1.33. The molecule has 114 valence electrons. The Labute approximate surface area is 128 Å². The highest BCUT2D eigenvalue weighted by Crippen LogP contribution is 2.28. The second-order valence-corrected chi connectivity index (χ2v) is 6.99. The van der Waals surface area contributed by atoms with E-state index in [4.69, 9.17) is 0 Å². The van der Waals surface area contributed by atoms with Crippen molar-refractivity contribution in [3.63, 3.8) is 0 Å². The molecule has 1 aromatic rings. The van der Waals surface area contributed by atoms with Crippen LogP contribution in [0.1, 0.15) is 32.1 Å². The molecule has 2 aliphatic heterocycles. The van der Waals surface area contributed by atoms with Crippen LogP contribution in [0.25, 0.3) is 0 Å². The van der Waals surface area contributed by atoms with E-state index in [0.717, 1.165) is 12.0 Å². The number of anilines is 2. The van der Waals surface area contributed by atoms with Crippen LogP contribution in [0.4, 0.5) is 11.4 Å². The van der Waals surface area contributed by atoms with Crippen LogP contribution in [0.3, 0.4) is 0 Å². The van der Waals surface area contributed by atoms with Gasteiger partial charge in [-0.05, 0) is 68.8 Å². The third-order valence-corrected chi connectivity index (χ3v) is 5.24. The molecule has 21 heavy (non-hydrogen) atoms. The van der Waals surface area contributed by atoms with Gasteiger partial charge < -0.3 is 15.1 Å². The second kappa shape index (κ2) is 5.88. The van der Waals surface area contributed by atoms with E-state index in [1.165, 1.54) is 76.2 Å². The third kappa shape index (κ3) is 3.18. The number of benzene rings is 1. The highest BCUT2D eigenvalue weighted by atomic mass is 15.2. The molecule has 2 saturated heterocycles. The lowest BCUT2D eigenvalue weighted by atomic mass is 10.1. The minimum absolute atomic E-state index is 0.837. The molecule has 1 saturated carbocycles. The molecular weight excluding hydrogens is 258 g/mol. The Morgan fingerprint density at radius 2 is 1.52 bits per heavy atom. The van der Waals surface area contributed by atoms with Crippen LogP contribution in [-0.2, 0) is 0 Å². The molecule has 0 spiro atoms. The van der Waals surface area contributed by atoms with Crippen molar-refractivity contribution in [2.45, 2.75) is 38.1 Å². The quantitative estimate of drug-likeness (QED) is 0.897. The van der Waals surface area contributed by atoms with Gasteiger partial charge in [0, 0.05) is 43.6 Å². The zero-order chi connectivity index (χ0) is 14.1. The topological polar surface area (TPSA) is 18.5 Å². The highest BCUT2D eigenvalue weighted by molar-refractivity contribution is 5.57. The molecule has 1 aromatic carbocycles. The van der Waals surface area contributed by atoms with Gasteiger partial charge >= 0.3 is 0 Å². The summed E-state index contributed by atoms with van der Waals surface area (Å²) < 4.78 is 0. The summed E-state index contributed by atoms with van der Waals surface area (Å²) >= 11 is 0. The summed E-state index contributed by atoms with van der Waals surface area (Å²) in [6, 6.07) is 10.1. The van der Waals surface area contributed by atoms with Crippen molar-refractivity contribution < 1.29 is 0 Å². The average molecular weight is 285 g/mol. The van der Waals surface area contributed by atoms with E-state index in [1.807, 2.05) is 0 Å². The van der Waals surface area contributed by atoms with Gasteiger partial charge in [-0.25, -0.2) is 0 Å². The molecule has 0 radical (unpaired) electrons. The van der Waals surface area contributed by atoms with Crippen LogP contribution in [-0.4, -0.2) is 38.8 Å². The fourth-order valence-electron chi connectivity index (χ4n) is 3.70. The van der Waals surface area contributed by atoms with E-state index in [1.54, 1.807) is 0 Å². The largest absolute Gasteiger partial charge is 0.372 e. The lowest BCUT2D eigenvalue weighted by Gasteiger charge is -2.22. The summed E-state index contributed by atoms with van der Waals surface area (Å²) in [6.45, 7) is 6.13. The van der Waals surface area contributed by atoms with Crippen molar-refractivity contribution in [1.29, 1.82) is 0 Å². The summed E-state index contributed by atoms with van der Waals surface area (Å²) in [5.41, 5.74) is 2.81. The lowest BCUT2D eigenvalue weighted by molar-refractivity contribution is 0.515. The number of nitrogens with zero attached hydrogens (tertiary/aromatic N) is 2. The smallest absolute Gasteiger partial charge is 0.0367 e. The molecule has 3 fully saturated rings. The van der Waals surface area contributed by atoms with Gasteiger partial charge in [-0.2, -0.15) is 0 Å². The van der Waals surface area contributed by atoms with Crippen LogP contribution in [0.2, 0.25) is 0 Å². The van der Waals surface area contributed by atoms with Crippen molar-refractivity contribution in [3.05, 3.63) is 24.3 Å². The minimum Gasteiger partial charge on any atom is -0.372 e. The van der Waals surface area contributed by atoms with Gasteiger partial charge in [0.1, 0.15) is 0 Å². The van der Waals surface area contributed by atoms with Crippen molar-refractivity contribution in [2.24, 2.45) is 5.92 Å². The van der Waals surface area contributed by atoms with E-state index >= 15 is 0 Å². The Morgan fingerprint density at radius 3 is 2.19 bits per heavy atom. The van der Waals surface area contributed by atoms with Crippen molar-refractivity contribution in [2.75, 3.05) is 42.5 Å². The van der Waals surface area contributed by atoms with E-state index < -0.39 is 0 Å². The van der Waals surface area contributed by atoms with Gasteiger partial charge in [0.25, 0.3) is 0 Å². The molecule has 0 bridgehead atoms. The predicted octanol–water partition coefficient (Wildman–Crippen LogP) is 2.87. The van der Waals surface area contributed by atoms with E-state index in [2.05, 4.69) is 39.4 Å². The first-order valence-corrected chi connectivity index (χ1v) is 8.72. The molecule has 0 aromatic heterocycles. The maximum atomic E-state index is 3.68. The monoisotopic (exact) mass is 285 g/mol. The fourth-order valence-corrected chi connectivity index (χ4v) is 3.70. The Morgan fingerprint density at radius 1 is 0.857 bits per heavy atom. The predicted molar refractivity (Wildman–Crippen MR) is 89.2 cm³/mol. The molecule has 1 aliphatic carbocycles. The van der Waals surface area contributed by atoms with Crippen LogP contribution in [0, 0.1) is 5.92 Å². The Bertz CT molecular complexity index is 460. The molecule has 1 unspecified atom stereocenters. The molecule has 4 rings (SSSR count). The first kappa shape index (κ1) is 13.4. The van der Waals surface area contributed by atoms with Crippen LogP contribution < -0.4 is 15.1 Å². The highest BCUT2D eigenvalue weighted by Gasteiger charge is 2.26. The summed E-state index contributed by atoms with van der Waals surface area (Å²) in [5, 5.41) is 3.68. The molecule has 0 amide bonds. The van der Waals surface area contributed by atoms with E-state index in [9.17, 15) is 0 Å². The maximum absolute atomic E-state index is 3.68. The average Bonchev–Trinajstić information content (AvgIpc) is 3.03. The fraction of sp³-hybridized carbons (Fsp3) is 0.667. The molecule has 3 nitrogen and oxygen atoms in total. The van der Waals surface area contributed by atoms with Gasteiger partial charge in [-0.15, -0.1) is 0 Å². The summed E-state index contributed by atoms with van der Waals surface area (Å²) in [7, 11) is 0. The lowest BCUT2D eigenvalue weighted by Crippen LogP contribution is -2.27. The van der Waals surface area contributed by atoms with E-state index in [-0.39, 0.29) is 0 Å². The summed E-state index contributed by atoms with van der Waals surface area (Å²) in [6.07, 6.45) is 6.84. The molecule has 1 atom stereocenters. The Hall–Kier alpha value is -1.22. The second-order valence-electron chi connectivity index (χ2n) is 6.99. The van der Waals surface area contributed by atoms with Gasteiger partial charge in [0.2, 0.25) is 0 Å². The number of rotatable bonds is 5. The van der Waals surface area contributed by atoms with Crippen LogP contribution in [0.15, 0.2) is 24.3 Å². The SMILES string of the molecule is c1cc(N2CCC(CNC3CC3)C2)ccc1N1CCCC1. The van der Waals surface area contributed by atoms with Crippen molar-refractivity contribution >= 4 is 11.4 Å². The van der Waals surface area contributed by atoms with Crippen molar-refractivity contribution in [3.8, 4) is 0 Å². The van der Waals surface area contributed by atoms with Crippen molar-refractivity contribution in [1.82, 2.24) is 5.32 Å². The molecular formula is C18H27N3. The van der Waals surface area contributed by atoms with Gasteiger partial charge in [0.15, 0.2) is 0 Å². The van der Waals surface area contributed by atoms with Crippen LogP contribution >= 0.6 is 0 Å². The van der Waals surface area contributed by atoms with Gasteiger partial charge in [0.05, 0.1) is 0 Å². The number of nitrogens with one attached hydrogen (secondary N) is 1. The first-order valence-electron chi connectivity index (χ1n) is 8.72. The van der Waals surface area contributed by atoms with Gasteiger partial charge in [-0.3, -0.25) is 0 Å². The summed E-state index contributed by atoms with van der Waals surface area (Å²) in [5.74, 6) is 0.837. The van der Waals surface area contributed by atoms with Crippen LogP contribution in [0.5, 0.6) is 0 Å². The Kier molecular flexibility index (Phi) is 3.76. The minimum atomic E-state index is 0.837. The van der Waals surface area contributed by atoms with E-state index in [0.29, 0.717) is 0 Å². The standard InChI is InChI=1S/C18H27N3/c1-2-11-20(10-1)17-5-7-18(8-6-17)21-12-9-15(14-21)13-19-16-3-4-16/h5-8,15-16,19H,1-4,9-14H2. The normalized spacial score (nSPS) is 25.8. The first-order chi connectivity index (χ1) is 10.4. The molecule has 3 aliphatic rings. The number of hydrogen-bond acceptors (Lipinski definition) is 3. The molecule has 1 N–H and O–H groups in total. The van der Waals surface area contributed by atoms with Gasteiger partial charge in [-0.1, -0.05) is 0 Å². The molecule has 3 heteroatoms. The summed E-state index contributed by atoms with van der Waals surface area (Å²) in [4.78, 5) is 5.07. The maximum Gasteiger partial charge on any atom is 0.0367 e.